The van der Waals surface area contributed by atoms with Gasteiger partial charge in [0, 0.05) is 209 Å². The number of aromatic nitrogens is 16. The summed E-state index contributed by atoms with van der Waals surface area (Å²) in [4.78, 5) is 141. The molecule has 5 aliphatic heterocycles. The molecule has 5 N–H and O–H groups in total. The zero-order valence-corrected chi connectivity index (χ0v) is 89.2. The van der Waals surface area contributed by atoms with Crippen LogP contribution in [0.25, 0.3) is 44.2 Å². The van der Waals surface area contributed by atoms with E-state index in [0.29, 0.717) is 162 Å². The van der Waals surface area contributed by atoms with Crippen molar-refractivity contribution in [2.24, 2.45) is 56.7 Å². The van der Waals surface area contributed by atoms with Crippen LogP contribution in [0.4, 0.5) is 29.6 Å². The summed E-state index contributed by atoms with van der Waals surface area (Å²) in [6.45, 7) is 25.3. The number of halogens is 3. The number of rotatable bonds is 20. The first-order valence-corrected chi connectivity index (χ1v) is 49.5. The maximum absolute atomic E-state index is 12.4. The van der Waals surface area contributed by atoms with E-state index in [2.05, 4.69) is 107 Å². The van der Waals surface area contributed by atoms with Crippen LogP contribution in [-0.2, 0) is 66.0 Å². The number of esters is 1. The number of aryl methyl sites for hydroxylation is 4. The molecule has 8 aromatic heterocycles. The van der Waals surface area contributed by atoms with Gasteiger partial charge in [0.2, 0.25) is 47.4 Å². The second-order valence-electron chi connectivity index (χ2n) is 36.9. The number of carboxylic acid groups (broad SMARTS) is 1. The van der Waals surface area contributed by atoms with E-state index in [1.807, 2.05) is 70.1 Å². The van der Waals surface area contributed by atoms with E-state index in [0.717, 1.165) is 71.6 Å². The number of aliphatic hydroxyl groups is 1. The third-order valence-electron chi connectivity index (χ3n) is 25.3. The molecule has 13 heterocycles. The molecule has 5 saturated heterocycles. The van der Waals surface area contributed by atoms with Gasteiger partial charge in [-0.3, -0.25) is 42.7 Å². The van der Waals surface area contributed by atoms with Crippen molar-refractivity contribution >= 4 is 126 Å². The Hall–Kier alpha value is -13.0. The Labute approximate surface area is 881 Å². The summed E-state index contributed by atoms with van der Waals surface area (Å²) in [5, 5.41) is 52.7. The van der Waals surface area contributed by atoms with Gasteiger partial charge in [0.25, 0.3) is 0 Å². The number of carbonyl (C=O) groups excluding carboxylic acids is 6. The number of carboxylic acids is 1. The van der Waals surface area contributed by atoms with Crippen LogP contribution in [0.5, 0.6) is 11.5 Å². The maximum Gasteiger partial charge on any atom is 1.00 e. The van der Waals surface area contributed by atoms with Gasteiger partial charge in [-0.1, -0.05) is 71.2 Å². The van der Waals surface area contributed by atoms with Crippen LogP contribution < -0.4 is 69.4 Å². The van der Waals surface area contributed by atoms with Crippen molar-refractivity contribution in [2.75, 3.05) is 118 Å². The number of ketones is 1. The average Bonchev–Trinajstić information content (AvgIpc) is 1.60. The first-order chi connectivity index (χ1) is 68.7. The van der Waals surface area contributed by atoms with Gasteiger partial charge in [0.15, 0.2) is 28.1 Å². The Morgan fingerprint density at radius 3 is 1.19 bits per heavy atom. The molecule has 46 nitrogen and oxygen atoms in total. The van der Waals surface area contributed by atoms with Crippen molar-refractivity contribution in [3.05, 3.63) is 164 Å². The average molecular weight is 2090 g/mol. The minimum absolute atomic E-state index is 0. The fourth-order valence-corrected chi connectivity index (χ4v) is 18.0. The molecule has 0 bridgehead atoms. The smallest absolute Gasteiger partial charge is 0.870 e. The number of benzene rings is 2. The number of anilines is 5. The number of nitriles is 2. The zero-order valence-electron chi connectivity index (χ0n) is 84.0. The van der Waals surface area contributed by atoms with Crippen LogP contribution in [0.15, 0.2) is 115 Å². The van der Waals surface area contributed by atoms with E-state index >= 15 is 0 Å². The Bertz CT molecular complexity index is 6490. The zero-order chi connectivity index (χ0) is 104. The molecule has 0 spiro atoms. The molecule has 4 atom stereocenters. The minimum Gasteiger partial charge on any atom is -0.870 e. The number of carbonyl (C=O) groups is 7. The van der Waals surface area contributed by atoms with Gasteiger partial charge in [0.1, 0.15) is 29.3 Å². The van der Waals surface area contributed by atoms with Gasteiger partial charge >= 0.3 is 56.4 Å². The number of ether oxygens (including phenoxy) is 1. The summed E-state index contributed by atoms with van der Waals surface area (Å²) in [5.41, 5.74) is 17.8. The van der Waals surface area contributed by atoms with Crippen LogP contribution in [0, 0.1) is 46.3 Å². The SMILES string of the molecule is CC(=O)c1nn(C)cc1-c1nc(N2CCN(C(=O)C3CC3)[C@H](C)C2)ncc1Cl.CO.COC(=O)c1nn(C)cc1B1OC(C)(C)C(C)(C)O1.C[C@@H]1CN(c2ncc(C#N)c(-c3cn(C)nc3C(=O)O)n2)CCN1C(=O)C1CC1.C[C@@H]1CN(c2ncc(C#N)c(-c3cn(C)nc3N)n2)CCN1C(=O)C1CC1.C[C@@H]1CN(c2ncc(Cl)c(Cl)n2)CCN1C(=O)C1CC1.[N-]=[N+]=NP(=O)(Oc1ccccc1)Oc1ccccc1.[Na+].[OH-]. The molecule has 0 unspecified atom stereocenters. The predicted molar refractivity (Wildman–Crippen MR) is 536 cm³/mol. The molecule has 9 fully saturated rings. The number of aliphatic hydroxyl groups excluding tert-OH is 1. The summed E-state index contributed by atoms with van der Waals surface area (Å²) >= 11 is 18.1. The number of piperazine rings is 4. The fourth-order valence-electron chi connectivity index (χ4n) is 16.6. The van der Waals surface area contributed by atoms with Gasteiger partial charge in [0.05, 0.1) is 98.0 Å². The van der Waals surface area contributed by atoms with Crippen molar-refractivity contribution < 1.29 is 106 Å². The number of hydrogen-bond donors (Lipinski definition) is 3. The van der Waals surface area contributed by atoms with E-state index in [4.69, 9.17) is 74.3 Å². The third kappa shape index (κ3) is 27.8. The topological polar surface area (TPSA) is 576 Å². The number of para-hydroxylation sites is 2. The third-order valence-corrected chi connectivity index (χ3v) is 27.5. The number of methoxy groups -OCH3 is 1. The number of nitrogens with zero attached hydrogens (tertiary/aromatic N) is 29. The van der Waals surface area contributed by atoms with E-state index in [9.17, 15) is 53.8 Å². The van der Waals surface area contributed by atoms with Crippen LogP contribution in [-0.4, -0.2) is 291 Å². The van der Waals surface area contributed by atoms with Gasteiger partial charge in [-0.2, -0.15) is 35.9 Å². The van der Waals surface area contributed by atoms with Crippen molar-refractivity contribution in [1.82, 2.24) is 98.6 Å². The Balaban J connectivity index is 0.000000167. The summed E-state index contributed by atoms with van der Waals surface area (Å²) in [7, 11) is 4.63. The van der Waals surface area contributed by atoms with Gasteiger partial charge < -0.3 is 83.7 Å². The Kier molecular flexibility index (Phi) is 38.4. The quantitative estimate of drug-likeness (QED) is 0.00966. The second kappa shape index (κ2) is 49.5. The molecule has 4 saturated carbocycles. The largest absolute Gasteiger partial charge is 1.00 e. The van der Waals surface area contributed by atoms with E-state index in [1.54, 1.807) is 128 Å². The number of aromatic carboxylic acids is 1. The molecular weight excluding hydrogens is 1980 g/mol. The molecule has 4 aliphatic carbocycles. The molecule has 146 heavy (non-hydrogen) atoms. The van der Waals surface area contributed by atoms with Crippen molar-refractivity contribution in [3.63, 3.8) is 0 Å². The van der Waals surface area contributed by atoms with Crippen LogP contribution >= 0.6 is 42.5 Å². The van der Waals surface area contributed by atoms with E-state index in [1.165, 1.54) is 43.5 Å². The van der Waals surface area contributed by atoms with Gasteiger partial charge in [-0.05, 0) is 137 Å². The van der Waals surface area contributed by atoms with Crippen LogP contribution in [0.3, 0.4) is 0 Å². The summed E-state index contributed by atoms with van der Waals surface area (Å²) < 4.78 is 45.3. The predicted octanol–water partition coefficient (Wildman–Crippen LogP) is 7.59. The first-order valence-electron chi connectivity index (χ1n) is 46.8. The van der Waals surface area contributed by atoms with Gasteiger partial charge in [-0.15, -0.1) is 0 Å². The van der Waals surface area contributed by atoms with Crippen molar-refractivity contribution in [1.29, 1.82) is 10.5 Å². The number of azide groups is 1. The number of amides is 4. The van der Waals surface area contributed by atoms with E-state index < -0.39 is 38.0 Å². The Morgan fingerprint density at radius 1 is 0.514 bits per heavy atom. The molecule has 9 aliphatic rings. The molecule has 52 heteroatoms. The molecular formula is C94H116BCl3N30NaO16P. The minimum atomic E-state index is -3.95. The fraction of sp³-hybridized carbons (Fsp3) is 0.479. The molecule has 0 radical (unpaired) electrons. The van der Waals surface area contributed by atoms with Gasteiger partial charge in [-0.25, -0.2) is 49.0 Å². The molecule has 768 valence electrons. The van der Waals surface area contributed by atoms with Crippen molar-refractivity contribution in [3.8, 4) is 57.4 Å². The molecule has 10 aromatic rings. The second-order valence-corrected chi connectivity index (χ2v) is 39.6. The number of nitrogen functional groups attached to an aromatic ring is 1. The Morgan fingerprint density at radius 2 is 0.849 bits per heavy atom. The maximum atomic E-state index is 12.4. The molecule has 2 aromatic carbocycles. The standard InChI is InChI=1S/C19H23ClN6O2.C19H21N7O3.C18H22N8O.C13H16Cl2N4O.C12H19BN2O4.C12H10N3O3P.CH4O.Na.H2O/c1-11-9-25(6-7-26(11)18(28)13-4-5-13)19-21-8-15(20)17(22-19)14-10-24(3)23-16(14)12(2)27;1-11-9-25(5-6-26(11)17(27)12-3-4-12)19-21-8-13(7-20)15(22-19)14-10-24(2)23-16(14)18(28)29;1-11-9-25(5-6-26(11)17(27)12-3-4-12)18-21-8-13(7-19)15(22-18)14-10-24(2)23-16(14)20;1-8-7-18(13-16-6-10(14)11(15)17-13)4-5-19(8)12(20)9-2-3-9;1-11(2)12(3,4)19-13(18-11)8-7-15(5)14-9(8)10(16)17-6;13-14-15-19(16,17-11-7-3-1-4-8-11)18-12-9-5-2-6-10-12;1-2;;/h8,10-11,13H,4-7,9H2,1-3H3;8,10-12H,3-6,9H2,1-2H3,(H,28,29);8,10-12H,3-6,9H2,1-2H3,(H2,20,23);6,8-9H,2-5,7H2,1H3;7H,1-6H3;1-10H;2H,1H3;;1H2/q;;;;;;;+1;/p-1/t3*11-;8-;;;;;/m1111...../s1. The normalized spacial score (nSPS) is 18.5. The summed E-state index contributed by atoms with van der Waals surface area (Å²) in [5.74, 6) is 3.12. The summed E-state index contributed by atoms with van der Waals surface area (Å²) in [6, 6.07) is 21.3. The summed E-state index contributed by atoms with van der Waals surface area (Å²) in [6.07, 6.45) is 20.8. The monoisotopic (exact) mass is 2090 g/mol. The van der Waals surface area contributed by atoms with Crippen LogP contribution in [0.1, 0.15) is 156 Å². The number of nitrogens with two attached hydrogens (primary N) is 1. The number of Topliss-reactive ketones (excluding diaryl/α,β-unsaturated/α-hetero) is 1. The number of hydrogen-bond acceptors (Lipinski definition) is 34. The first kappa shape index (κ1) is 113. The van der Waals surface area contributed by atoms with E-state index in [-0.39, 0.29) is 140 Å². The molecule has 19 rings (SSSR count). The van der Waals surface area contributed by atoms with Crippen LogP contribution in [0.2, 0.25) is 15.2 Å². The van der Waals surface area contributed by atoms with Crippen molar-refractivity contribution in [2.45, 2.75) is 149 Å². The molecule has 4 amide bonds.